The van der Waals surface area contributed by atoms with Crippen molar-refractivity contribution in [1.82, 2.24) is 15.2 Å². The molecular weight excluding hydrogens is 335 g/mol. The summed E-state index contributed by atoms with van der Waals surface area (Å²) < 4.78 is 0. The summed E-state index contributed by atoms with van der Waals surface area (Å²) in [4.78, 5) is 25.7. The van der Waals surface area contributed by atoms with E-state index in [9.17, 15) is 9.59 Å². The minimum atomic E-state index is -0.507. The first-order valence-corrected chi connectivity index (χ1v) is 7.44. The van der Waals surface area contributed by atoms with E-state index >= 15 is 0 Å². The van der Waals surface area contributed by atoms with Crippen molar-refractivity contribution >= 4 is 46.6 Å². The fourth-order valence-corrected chi connectivity index (χ4v) is 2.49. The van der Waals surface area contributed by atoms with E-state index in [0.29, 0.717) is 15.7 Å². The van der Waals surface area contributed by atoms with Crippen molar-refractivity contribution in [1.29, 1.82) is 0 Å². The molecule has 0 unspecified atom stereocenters. The van der Waals surface area contributed by atoms with E-state index in [1.54, 1.807) is 25.1 Å². The zero-order valence-corrected chi connectivity index (χ0v) is 13.1. The quantitative estimate of drug-likeness (QED) is 0.832. The first-order valence-electron chi connectivity index (χ1n) is 5.80. The van der Waals surface area contributed by atoms with Gasteiger partial charge in [0.25, 0.3) is 5.56 Å². The van der Waals surface area contributed by atoms with Crippen LogP contribution in [-0.4, -0.2) is 26.3 Å². The number of carbonyl (C=O) groups is 1. The van der Waals surface area contributed by atoms with E-state index < -0.39 is 5.25 Å². The summed E-state index contributed by atoms with van der Waals surface area (Å²) in [6.45, 7) is 1.67. The second-order valence-electron chi connectivity index (χ2n) is 4.01. The topological polar surface area (TPSA) is 87.7 Å². The number of aromatic amines is 1. The highest BCUT2D eigenvalue weighted by Gasteiger charge is 2.17. The second kappa shape index (κ2) is 6.93. The molecule has 0 saturated heterocycles. The molecule has 2 rings (SSSR count). The molecule has 110 valence electrons. The predicted molar refractivity (Wildman–Crippen MR) is 83.1 cm³/mol. The Kier molecular flexibility index (Phi) is 5.22. The van der Waals surface area contributed by atoms with E-state index in [0.717, 1.165) is 18.0 Å². The Bertz CT molecular complexity index is 722. The maximum Gasteiger partial charge on any atom is 0.270 e. The van der Waals surface area contributed by atoms with E-state index in [1.165, 1.54) is 0 Å². The van der Waals surface area contributed by atoms with E-state index in [-0.39, 0.29) is 16.6 Å². The van der Waals surface area contributed by atoms with Gasteiger partial charge in [0.1, 0.15) is 6.20 Å². The Labute approximate surface area is 134 Å². The lowest BCUT2D eigenvalue weighted by Crippen LogP contribution is -2.23. The molecule has 0 spiro atoms. The molecule has 1 aromatic heterocycles. The third-order valence-corrected chi connectivity index (χ3v) is 3.94. The molecule has 0 radical (unpaired) electrons. The van der Waals surface area contributed by atoms with Gasteiger partial charge in [0, 0.05) is 5.02 Å². The van der Waals surface area contributed by atoms with Gasteiger partial charge in [0.2, 0.25) is 5.91 Å². The van der Waals surface area contributed by atoms with Gasteiger partial charge in [0.15, 0.2) is 5.16 Å². The average Bonchev–Trinajstić information content (AvgIpc) is 2.43. The van der Waals surface area contributed by atoms with E-state index in [4.69, 9.17) is 23.2 Å². The first kappa shape index (κ1) is 15.8. The Hall–Kier alpha value is -1.57. The van der Waals surface area contributed by atoms with Crippen molar-refractivity contribution in [3.8, 4) is 0 Å². The molecule has 6 nitrogen and oxygen atoms in total. The number of hydrogen-bond acceptors (Lipinski definition) is 5. The monoisotopic (exact) mass is 344 g/mol. The molecule has 0 fully saturated rings. The number of thioether (sulfide) groups is 1. The summed E-state index contributed by atoms with van der Waals surface area (Å²) >= 11 is 12.9. The number of halogens is 2. The molecule has 1 atom stereocenters. The van der Waals surface area contributed by atoms with E-state index in [1.807, 2.05) is 0 Å². The van der Waals surface area contributed by atoms with Crippen LogP contribution in [0.5, 0.6) is 0 Å². The van der Waals surface area contributed by atoms with Crippen LogP contribution >= 0.6 is 35.0 Å². The van der Waals surface area contributed by atoms with Crippen molar-refractivity contribution in [2.45, 2.75) is 17.3 Å². The molecule has 0 bridgehead atoms. The number of amides is 1. The number of nitrogens with one attached hydrogen (secondary N) is 2. The van der Waals surface area contributed by atoms with Crippen LogP contribution in [0.15, 0.2) is 34.3 Å². The normalized spacial score (nSPS) is 12.0. The number of rotatable bonds is 4. The molecule has 21 heavy (non-hydrogen) atoms. The van der Waals surface area contributed by atoms with Crippen molar-refractivity contribution in [3.05, 3.63) is 44.8 Å². The van der Waals surface area contributed by atoms with Crippen LogP contribution in [0.25, 0.3) is 0 Å². The van der Waals surface area contributed by atoms with Crippen LogP contribution < -0.4 is 10.9 Å². The van der Waals surface area contributed by atoms with Gasteiger partial charge in [-0.3, -0.25) is 14.6 Å². The largest absolute Gasteiger partial charge is 0.324 e. The van der Waals surface area contributed by atoms with Crippen molar-refractivity contribution < 1.29 is 4.79 Å². The third kappa shape index (κ3) is 4.45. The van der Waals surface area contributed by atoms with Gasteiger partial charge < -0.3 is 5.32 Å². The number of hydrogen-bond donors (Lipinski definition) is 2. The van der Waals surface area contributed by atoms with Gasteiger partial charge in [-0.2, -0.15) is 5.10 Å². The molecule has 1 heterocycles. The molecule has 9 heteroatoms. The first-order chi connectivity index (χ1) is 9.95. The lowest BCUT2D eigenvalue weighted by molar-refractivity contribution is -0.115. The number of H-pyrrole nitrogens is 1. The molecule has 2 N–H and O–H groups in total. The standard InChI is InChI=1S/C12H10Cl2N4O2S/c1-6(21-12-17-10(19)5-15-18-12)11(20)16-9-4-7(13)2-3-8(9)14/h2-6H,1H3,(H,16,20)(H,17,18,19)/t6-/m0/s1. The molecule has 2 aromatic rings. The number of nitrogens with zero attached hydrogens (tertiary/aromatic N) is 2. The highest BCUT2D eigenvalue weighted by molar-refractivity contribution is 8.00. The Morgan fingerprint density at radius 3 is 2.90 bits per heavy atom. The molecule has 1 aromatic carbocycles. The molecule has 0 aliphatic heterocycles. The van der Waals surface area contributed by atoms with Gasteiger partial charge in [0.05, 0.1) is 16.0 Å². The van der Waals surface area contributed by atoms with Gasteiger partial charge in [-0.25, -0.2) is 0 Å². The van der Waals surface area contributed by atoms with Crippen molar-refractivity contribution in [2.24, 2.45) is 0 Å². The highest BCUT2D eigenvalue weighted by atomic mass is 35.5. The average molecular weight is 345 g/mol. The maximum atomic E-state index is 12.1. The number of aromatic nitrogens is 3. The summed E-state index contributed by atoms with van der Waals surface area (Å²) in [5.74, 6) is -0.296. The summed E-state index contributed by atoms with van der Waals surface area (Å²) in [6.07, 6.45) is 1.06. The smallest absolute Gasteiger partial charge is 0.270 e. The second-order valence-corrected chi connectivity index (χ2v) is 6.19. The Morgan fingerprint density at radius 1 is 1.43 bits per heavy atom. The lowest BCUT2D eigenvalue weighted by atomic mass is 10.3. The van der Waals surface area contributed by atoms with Crippen molar-refractivity contribution in [2.75, 3.05) is 5.32 Å². The number of benzene rings is 1. The van der Waals surface area contributed by atoms with Crippen LogP contribution in [-0.2, 0) is 4.79 Å². The minimum Gasteiger partial charge on any atom is -0.324 e. The van der Waals surface area contributed by atoms with Gasteiger partial charge in [-0.1, -0.05) is 35.0 Å². The lowest BCUT2D eigenvalue weighted by Gasteiger charge is -2.12. The maximum absolute atomic E-state index is 12.1. The fourth-order valence-electron chi connectivity index (χ4n) is 1.40. The predicted octanol–water partition coefficient (Wildman–Crippen LogP) is 2.59. The van der Waals surface area contributed by atoms with E-state index in [2.05, 4.69) is 20.5 Å². The van der Waals surface area contributed by atoms with Crippen LogP contribution in [0.2, 0.25) is 10.0 Å². The summed E-state index contributed by atoms with van der Waals surface area (Å²) in [7, 11) is 0. The SMILES string of the molecule is C[C@H](Sc1nncc(=O)[nH]1)C(=O)Nc1cc(Cl)ccc1Cl. The molecule has 0 aliphatic carbocycles. The third-order valence-electron chi connectivity index (χ3n) is 2.40. The van der Waals surface area contributed by atoms with Crippen LogP contribution in [0, 0.1) is 0 Å². The fraction of sp³-hybridized carbons (Fsp3) is 0.167. The Balaban J connectivity index is 2.06. The highest BCUT2D eigenvalue weighted by Crippen LogP contribution is 2.27. The summed E-state index contributed by atoms with van der Waals surface area (Å²) in [5.41, 5.74) is 0.0484. The van der Waals surface area contributed by atoms with Gasteiger partial charge in [-0.05, 0) is 25.1 Å². The molecule has 0 saturated carbocycles. The van der Waals surface area contributed by atoms with Crippen LogP contribution in [0.4, 0.5) is 5.69 Å². The Morgan fingerprint density at radius 2 is 2.19 bits per heavy atom. The number of carbonyl (C=O) groups excluding carboxylic acids is 1. The minimum absolute atomic E-state index is 0.266. The van der Waals surface area contributed by atoms with Gasteiger partial charge in [-0.15, -0.1) is 5.10 Å². The molecule has 0 aliphatic rings. The summed E-state index contributed by atoms with van der Waals surface area (Å²) in [5, 5.41) is 10.5. The zero-order valence-electron chi connectivity index (χ0n) is 10.8. The van der Waals surface area contributed by atoms with Crippen molar-refractivity contribution in [3.63, 3.8) is 0 Å². The van der Waals surface area contributed by atoms with Gasteiger partial charge >= 0.3 is 0 Å². The van der Waals surface area contributed by atoms with Crippen LogP contribution in [0.3, 0.4) is 0 Å². The summed E-state index contributed by atoms with van der Waals surface area (Å²) in [6, 6.07) is 4.78. The molecular formula is C12H10Cl2N4O2S. The molecule has 1 amide bonds. The van der Waals surface area contributed by atoms with Crippen LogP contribution in [0.1, 0.15) is 6.92 Å². The zero-order chi connectivity index (χ0) is 15.4. The number of anilines is 1.